The van der Waals surface area contributed by atoms with Gasteiger partial charge in [0, 0.05) is 24.5 Å². The highest BCUT2D eigenvalue weighted by atomic mass is 35.5. The SMILES string of the molecule is Cc1c(CN2C[C@@H]3CCC[C@@]3(C(=O)O)C2)sc2c(Cl)cccc12. The summed E-state index contributed by atoms with van der Waals surface area (Å²) in [6, 6.07) is 6.05. The zero-order valence-corrected chi connectivity index (χ0v) is 14.7. The number of halogens is 1. The van der Waals surface area contributed by atoms with Gasteiger partial charge in [-0.05, 0) is 42.7 Å². The van der Waals surface area contributed by atoms with Crippen LogP contribution in [0.3, 0.4) is 0 Å². The molecule has 1 saturated carbocycles. The van der Waals surface area contributed by atoms with Crippen molar-refractivity contribution in [2.45, 2.75) is 32.7 Å². The largest absolute Gasteiger partial charge is 0.481 e. The minimum absolute atomic E-state index is 0.318. The molecule has 3 nitrogen and oxygen atoms in total. The number of thiophene rings is 1. The number of fused-ring (bicyclic) bond motifs is 2. The summed E-state index contributed by atoms with van der Waals surface area (Å²) in [6.07, 6.45) is 2.95. The van der Waals surface area contributed by atoms with Crippen LogP contribution < -0.4 is 0 Å². The van der Waals surface area contributed by atoms with Gasteiger partial charge in [-0.3, -0.25) is 9.69 Å². The lowest BCUT2D eigenvalue weighted by Gasteiger charge is -2.23. The summed E-state index contributed by atoms with van der Waals surface area (Å²) >= 11 is 8.07. The van der Waals surface area contributed by atoms with Crippen LogP contribution in [0.5, 0.6) is 0 Å². The van der Waals surface area contributed by atoms with Crippen LogP contribution in [0.1, 0.15) is 29.7 Å². The summed E-state index contributed by atoms with van der Waals surface area (Å²) in [5.74, 6) is -0.281. The fraction of sp³-hybridized carbons (Fsp3) is 0.500. The van der Waals surface area contributed by atoms with E-state index in [1.165, 1.54) is 15.8 Å². The summed E-state index contributed by atoms with van der Waals surface area (Å²) in [6.45, 7) is 4.59. The Morgan fingerprint density at radius 1 is 1.52 bits per heavy atom. The molecule has 1 aliphatic carbocycles. The zero-order chi connectivity index (χ0) is 16.2. The second-order valence-corrected chi connectivity index (χ2v) is 8.50. The van der Waals surface area contributed by atoms with Crippen molar-refractivity contribution in [1.82, 2.24) is 4.90 Å². The Morgan fingerprint density at radius 3 is 3.04 bits per heavy atom. The van der Waals surface area contributed by atoms with Gasteiger partial charge >= 0.3 is 5.97 Å². The van der Waals surface area contributed by atoms with Gasteiger partial charge in [0.05, 0.1) is 15.1 Å². The first kappa shape index (κ1) is 15.4. The third-order valence-electron chi connectivity index (χ3n) is 5.75. The van der Waals surface area contributed by atoms with Gasteiger partial charge in [-0.25, -0.2) is 0 Å². The third kappa shape index (κ3) is 2.31. The highest BCUT2D eigenvalue weighted by Crippen LogP contribution is 2.49. The Hall–Kier alpha value is -1.10. The van der Waals surface area contributed by atoms with Crippen molar-refractivity contribution < 1.29 is 9.90 Å². The first-order valence-corrected chi connectivity index (χ1v) is 9.33. The predicted octanol–water partition coefficient (Wildman–Crippen LogP) is 4.55. The van der Waals surface area contributed by atoms with Crippen LogP contribution in [0.25, 0.3) is 10.1 Å². The molecule has 122 valence electrons. The molecule has 1 aliphatic heterocycles. The average Bonchev–Trinajstić information content (AvgIpc) is 3.13. The van der Waals surface area contributed by atoms with Crippen LogP contribution in [0, 0.1) is 18.3 Å². The number of benzene rings is 1. The van der Waals surface area contributed by atoms with E-state index in [1.807, 2.05) is 12.1 Å². The van der Waals surface area contributed by atoms with Crippen molar-refractivity contribution in [3.05, 3.63) is 33.7 Å². The van der Waals surface area contributed by atoms with E-state index >= 15 is 0 Å². The molecule has 2 aliphatic rings. The molecule has 2 atom stereocenters. The minimum atomic E-state index is -0.599. The molecule has 0 bridgehead atoms. The number of rotatable bonds is 3. The average molecular weight is 350 g/mol. The van der Waals surface area contributed by atoms with Crippen LogP contribution in [-0.2, 0) is 11.3 Å². The van der Waals surface area contributed by atoms with E-state index in [9.17, 15) is 9.90 Å². The molecular formula is C18H20ClNO2S. The van der Waals surface area contributed by atoms with Crippen molar-refractivity contribution in [1.29, 1.82) is 0 Å². The highest BCUT2D eigenvalue weighted by molar-refractivity contribution is 7.20. The molecule has 5 heteroatoms. The standard InChI is InChI=1S/C18H20ClNO2S/c1-11-13-5-2-6-14(19)16(13)23-15(11)9-20-8-12-4-3-7-18(12,10-20)17(21)22/h2,5-6,12H,3-4,7-10H2,1H3,(H,21,22)/t12-,18+/m0/s1. The Labute approximate surface area is 144 Å². The smallest absolute Gasteiger partial charge is 0.311 e. The summed E-state index contributed by atoms with van der Waals surface area (Å²) in [5.41, 5.74) is 0.788. The van der Waals surface area contributed by atoms with Crippen LogP contribution in [0.4, 0.5) is 0 Å². The molecule has 2 aromatic rings. The number of likely N-dealkylation sites (tertiary alicyclic amines) is 1. The molecule has 1 N–H and O–H groups in total. The molecule has 0 amide bonds. The summed E-state index contributed by atoms with van der Waals surface area (Å²) < 4.78 is 1.15. The Bertz CT molecular complexity index is 787. The van der Waals surface area contributed by atoms with Gasteiger partial charge in [0.15, 0.2) is 0 Å². The lowest BCUT2D eigenvalue weighted by molar-refractivity contribution is -0.149. The maximum atomic E-state index is 11.8. The van der Waals surface area contributed by atoms with Crippen molar-refractivity contribution in [3.63, 3.8) is 0 Å². The molecule has 1 aromatic heterocycles. The van der Waals surface area contributed by atoms with E-state index < -0.39 is 11.4 Å². The van der Waals surface area contributed by atoms with Gasteiger partial charge in [-0.15, -0.1) is 11.3 Å². The van der Waals surface area contributed by atoms with E-state index in [-0.39, 0.29) is 0 Å². The predicted molar refractivity (Wildman–Crippen MR) is 94.3 cm³/mol. The van der Waals surface area contributed by atoms with Crippen molar-refractivity contribution in [3.8, 4) is 0 Å². The second kappa shape index (κ2) is 5.47. The summed E-state index contributed by atoms with van der Waals surface area (Å²) in [4.78, 5) is 15.5. The maximum absolute atomic E-state index is 11.8. The van der Waals surface area contributed by atoms with Crippen LogP contribution in [0.15, 0.2) is 18.2 Å². The minimum Gasteiger partial charge on any atom is -0.481 e. The molecule has 4 rings (SSSR count). The quantitative estimate of drug-likeness (QED) is 0.883. The number of hydrogen-bond donors (Lipinski definition) is 1. The monoisotopic (exact) mass is 349 g/mol. The lowest BCUT2D eigenvalue weighted by atomic mass is 9.81. The normalized spacial score (nSPS) is 27.7. The molecular weight excluding hydrogens is 330 g/mol. The number of carboxylic acids is 1. The van der Waals surface area contributed by atoms with E-state index in [2.05, 4.69) is 17.9 Å². The van der Waals surface area contributed by atoms with Gasteiger partial charge in [0.25, 0.3) is 0 Å². The van der Waals surface area contributed by atoms with Crippen LogP contribution >= 0.6 is 22.9 Å². The Morgan fingerprint density at radius 2 is 2.35 bits per heavy atom. The van der Waals surface area contributed by atoms with Crippen molar-refractivity contribution in [2.24, 2.45) is 11.3 Å². The van der Waals surface area contributed by atoms with Gasteiger partial charge in [0.1, 0.15) is 0 Å². The van der Waals surface area contributed by atoms with E-state index in [4.69, 9.17) is 11.6 Å². The van der Waals surface area contributed by atoms with Gasteiger partial charge in [-0.2, -0.15) is 0 Å². The van der Waals surface area contributed by atoms with Crippen LogP contribution in [-0.4, -0.2) is 29.1 Å². The molecule has 0 radical (unpaired) electrons. The Kier molecular flexibility index (Phi) is 3.67. The highest BCUT2D eigenvalue weighted by Gasteiger charge is 2.54. The first-order chi connectivity index (χ1) is 11.0. The zero-order valence-electron chi connectivity index (χ0n) is 13.1. The number of aryl methyl sites for hydroxylation is 1. The van der Waals surface area contributed by atoms with Gasteiger partial charge in [-0.1, -0.05) is 30.2 Å². The molecule has 0 spiro atoms. The fourth-order valence-electron chi connectivity index (χ4n) is 4.48. The third-order valence-corrected chi connectivity index (χ3v) is 7.50. The number of carboxylic acid groups (broad SMARTS) is 1. The molecule has 1 saturated heterocycles. The Balaban J connectivity index is 1.62. The molecule has 2 heterocycles. The lowest BCUT2D eigenvalue weighted by Crippen LogP contribution is -2.35. The molecule has 2 fully saturated rings. The second-order valence-electron chi connectivity index (χ2n) is 6.99. The number of aliphatic carboxylic acids is 1. The van der Waals surface area contributed by atoms with Gasteiger partial charge < -0.3 is 5.11 Å². The maximum Gasteiger partial charge on any atom is 0.311 e. The summed E-state index contributed by atoms with van der Waals surface area (Å²) in [5, 5.41) is 11.8. The number of hydrogen-bond acceptors (Lipinski definition) is 3. The van der Waals surface area contributed by atoms with E-state index in [0.29, 0.717) is 12.5 Å². The van der Waals surface area contributed by atoms with E-state index in [1.54, 1.807) is 11.3 Å². The summed E-state index contributed by atoms with van der Waals surface area (Å²) in [7, 11) is 0. The first-order valence-electron chi connectivity index (χ1n) is 8.13. The van der Waals surface area contributed by atoms with Gasteiger partial charge in [0.2, 0.25) is 0 Å². The molecule has 23 heavy (non-hydrogen) atoms. The van der Waals surface area contributed by atoms with Crippen molar-refractivity contribution in [2.75, 3.05) is 13.1 Å². The van der Waals surface area contributed by atoms with Crippen LogP contribution in [0.2, 0.25) is 5.02 Å². The fourth-order valence-corrected chi connectivity index (χ4v) is 6.02. The van der Waals surface area contributed by atoms with E-state index in [0.717, 1.165) is 42.1 Å². The number of carbonyl (C=O) groups is 1. The number of nitrogens with zero attached hydrogens (tertiary/aromatic N) is 1. The topological polar surface area (TPSA) is 40.5 Å². The molecule has 0 unspecified atom stereocenters. The molecule has 1 aromatic carbocycles. The van der Waals surface area contributed by atoms with Crippen molar-refractivity contribution >= 4 is 39.0 Å².